The van der Waals surface area contributed by atoms with Crippen molar-refractivity contribution < 1.29 is 0 Å². The van der Waals surface area contributed by atoms with Gasteiger partial charge in [-0.25, -0.2) is 4.98 Å². The van der Waals surface area contributed by atoms with Crippen molar-refractivity contribution in [3.8, 4) is 0 Å². The second-order valence-corrected chi connectivity index (χ2v) is 8.53. The second-order valence-electron chi connectivity index (χ2n) is 7.02. The summed E-state index contributed by atoms with van der Waals surface area (Å²) in [5.74, 6) is 1.92. The van der Waals surface area contributed by atoms with Crippen LogP contribution in [0.25, 0.3) is 0 Å². The molecule has 6 nitrogen and oxygen atoms in total. The van der Waals surface area contributed by atoms with Crippen LogP contribution in [0.4, 0.5) is 5.82 Å². The van der Waals surface area contributed by atoms with Crippen LogP contribution >= 0.6 is 11.8 Å². The van der Waals surface area contributed by atoms with Crippen LogP contribution in [0.2, 0.25) is 0 Å². The number of aliphatic imine (C=N–C) groups is 1. The molecule has 1 aliphatic rings. The van der Waals surface area contributed by atoms with Crippen LogP contribution in [-0.4, -0.2) is 73.7 Å². The summed E-state index contributed by atoms with van der Waals surface area (Å²) in [7, 11) is 3.98. The van der Waals surface area contributed by atoms with E-state index in [2.05, 4.69) is 63.6 Å². The van der Waals surface area contributed by atoms with Crippen molar-refractivity contribution in [3.63, 3.8) is 0 Å². The Bertz CT molecular complexity index is 566. The average Bonchev–Trinajstić information content (AvgIpc) is 2.63. The molecule has 0 amide bonds. The summed E-state index contributed by atoms with van der Waals surface area (Å²) in [4.78, 5) is 13.7. The first-order valence-electron chi connectivity index (χ1n) is 8.82. The largest absolute Gasteiger partial charge is 0.355 e. The minimum atomic E-state index is 0.177. The van der Waals surface area contributed by atoms with Crippen molar-refractivity contribution in [1.82, 2.24) is 20.5 Å². The van der Waals surface area contributed by atoms with Crippen molar-refractivity contribution in [2.24, 2.45) is 4.99 Å². The lowest BCUT2D eigenvalue weighted by atomic mass is 10.2. The van der Waals surface area contributed by atoms with E-state index in [0.717, 1.165) is 51.0 Å². The third-order valence-corrected chi connectivity index (χ3v) is 5.82. The SMILES string of the molecule is CN=C(NCc1cccnc1N1CCN(C)CC1)NCC(C)(C)SC. The van der Waals surface area contributed by atoms with E-state index in [1.165, 1.54) is 5.56 Å². The third-order valence-electron chi connectivity index (χ3n) is 4.57. The first-order chi connectivity index (χ1) is 11.9. The van der Waals surface area contributed by atoms with E-state index >= 15 is 0 Å². The number of nitrogens with zero attached hydrogens (tertiary/aromatic N) is 4. The zero-order chi connectivity index (χ0) is 18.3. The maximum atomic E-state index is 4.63. The Kier molecular flexibility index (Phi) is 7.38. The molecule has 1 aliphatic heterocycles. The monoisotopic (exact) mass is 364 g/mol. The molecule has 2 heterocycles. The smallest absolute Gasteiger partial charge is 0.191 e. The lowest BCUT2D eigenvalue weighted by molar-refractivity contribution is 0.312. The summed E-state index contributed by atoms with van der Waals surface area (Å²) in [5, 5.41) is 6.84. The van der Waals surface area contributed by atoms with Crippen LogP contribution in [0.15, 0.2) is 23.3 Å². The first kappa shape index (κ1) is 19.8. The van der Waals surface area contributed by atoms with Gasteiger partial charge in [-0.15, -0.1) is 0 Å². The zero-order valence-corrected chi connectivity index (χ0v) is 17.0. The highest BCUT2D eigenvalue weighted by Gasteiger charge is 2.19. The zero-order valence-electron chi connectivity index (χ0n) is 16.2. The molecule has 0 radical (unpaired) electrons. The van der Waals surface area contributed by atoms with Gasteiger partial charge in [-0.05, 0) is 33.2 Å². The number of thioether (sulfide) groups is 1. The molecule has 1 fully saturated rings. The minimum Gasteiger partial charge on any atom is -0.355 e. The molecule has 7 heteroatoms. The number of piperazine rings is 1. The number of aromatic nitrogens is 1. The molecule has 0 aliphatic carbocycles. The molecule has 0 bridgehead atoms. The number of hydrogen-bond donors (Lipinski definition) is 2. The van der Waals surface area contributed by atoms with Crippen molar-refractivity contribution in [3.05, 3.63) is 23.9 Å². The number of nitrogens with one attached hydrogen (secondary N) is 2. The van der Waals surface area contributed by atoms with Gasteiger partial charge in [-0.1, -0.05) is 6.07 Å². The predicted octanol–water partition coefficient (Wildman–Crippen LogP) is 1.64. The van der Waals surface area contributed by atoms with Crippen molar-refractivity contribution in [1.29, 1.82) is 0 Å². The van der Waals surface area contributed by atoms with E-state index in [1.54, 1.807) is 0 Å². The fraction of sp³-hybridized carbons (Fsp3) is 0.667. The fourth-order valence-electron chi connectivity index (χ4n) is 2.64. The summed E-state index contributed by atoms with van der Waals surface area (Å²) in [5.41, 5.74) is 1.21. The fourth-order valence-corrected chi connectivity index (χ4v) is 2.86. The van der Waals surface area contributed by atoms with E-state index in [4.69, 9.17) is 0 Å². The third kappa shape index (κ3) is 6.08. The molecule has 2 N–H and O–H groups in total. The van der Waals surface area contributed by atoms with Crippen molar-refractivity contribution in [2.45, 2.75) is 25.1 Å². The molecule has 1 aromatic rings. The van der Waals surface area contributed by atoms with Gasteiger partial charge in [0.2, 0.25) is 0 Å². The maximum Gasteiger partial charge on any atom is 0.191 e. The van der Waals surface area contributed by atoms with Crippen LogP contribution in [-0.2, 0) is 6.54 Å². The van der Waals surface area contributed by atoms with E-state index in [9.17, 15) is 0 Å². The number of rotatable bonds is 6. The van der Waals surface area contributed by atoms with Gasteiger partial charge in [-0.3, -0.25) is 4.99 Å². The van der Waals surface area contributed by atoms with E-state index in [-0.39, 0.29) is 4.75 Å². The average molecular weight is 365 g/mol. The highest BCUT2D eigenvalue weighted by atomic mass is 32.2. The van der Waals surface area contributed by atoms with Gasteiger partial charge >= 0.3 is 0 Å². The van der Waals surface area contributed by atoms with Gasteiger partial charge in [-0.2, -0.15) is 11.8 Å². The topological polar surface area (TPSA) is 55.8 Å². The van der Waals surface area contributed by atoms with Crippen molar-refractivity contribution in [2.75, 3.05) is 58.0 Å². The molecule has 2 rings (SSSR count). The van der Waals surface area contributed by atoms with E-state index < -0.39 is 0 Å². The van der Waals surface area contributed by atoms with Crippen molar-refractivity contribution >= 4 is 23.5 Å². The molecule has 25 heavy (non-hydrogen) atoms. The van der Waals surface area contributed by atoms with Gasteiger partial charge in [0, 0.05) is 62.8 Å². The minimum absolute atomic E-state index is 0.177. The van der Waals surface area contributed by atoms with Crippen LogP contribution in [0.1, 0.15) is 19.4 Å². The Hall–Kier alpha value is -1.47. The lowest BCUT2D eigenvalue weighted by Crippen LogP contribution is -2.46. The molecule has 0 aromatic carbocycles. The van der Waals surface area contributed by atoms with Crippen LogP contribution in [0, 0.1) is 0 Å². The van der Waals surface area contributed by atoms with Gasteiger partial charge in [0.1, 0.15) is 5.82 Å². The molecule has 0 unspecified atom stereocenters. The van der Waals surface area contributed by atoms with Crippen LogP contribution in [0.5, 0.6) is 0 Å². The van der Waals surface area contributed by atoms with Gasteiger partial charge in [0.05, 0.1) is 0 Å². The molecule has 1 saturated heterocycles. The molecular formula is C18H32N6S. The molecular weight excluding hydrogens is 332 g/mol. The predicted molar refractivity (Wildman–Crippen MR) is 110 cm³/mol. The molecule has 0 saturated carbocycles. The van der Waals surface area contributed by atoms with Crippen LogP contribution in [0.3, 0.4) is 0 Å². The van der Waals surface area contributed by atoms with Gasteiger partial charge < -0.3 is 20.4 Å². The number of pyridine rings is 1. The Morgan fingerprint density at radius 1 is 1.28 bits per heavy atom. The highest BCUT2D eigenvalue weighted by molar-refractivity contribution is 7.99. The summed E-state index contributed by atoms with van der Waals surface area (Å²) < 4.78 is 0.177. The standard InChI is InChI=1S/C18H32N6S/c1-18(2,25-5)14-22-17(19-3)21-13-15-7-6-8-20-16(15)24-11-9-23(4)10-12-24/h6-8H,9-14H2,1-5H3,(H2,19,21,22). The highest BCUT2D eigenvalue weighted by Crippen LogP contribution is 2.20. The Balaban J connectivity index is 1.96. The lowest BCUT2D eigenvalue weighted by Gasteiger charge is -2.34. The summed E-state index contributed by atoms with van der Waals surface area (Å²) in [6.07, 6.45) is 4.01. The number of hydrogen-bond acceptors (Lipinski definition) is 5. The molecule has 1 aromatic heterocycles. The Labute approximate surface area is 156 Å². The van der Waals surface area contributed by atoms with Gasteiger partial charge in [0.25, 0.3) is 0 Å². The summed E-state index contributed by atoms with van der Waals surface area (Å²) in [6, 6.07) is 4.15. The summed E-state index contributed by atoms with van der Waals surface area (Å²) >= 11 is 1.85. The number of anilines is 1. The second kappa shape index (κ2) is 9.29. The first-order valence-corrected chi connectivity index (χ1v) is 10.0. The number of likely N-dealkylation sites (N-methyl/N-ethyl adjacent to an activating group) is 1. The Morgan fingerprint density at radius 3 is 2.64 bits per heavy atom. The maximum absolute atomic E-state index is 4.63. The molecule has 0 spiro atoms. The van der Waals surface area contributed by atoms with E-state index in [1.807, 2.05) is 31.1 Å². The molecule has 0 atom stereocenters. The quantitative estimate of drug-likeness (QED) is 0.591. The van der Waals surface area contributed by atoms with E-state index in [0.29, 0.717) is 0 Å². The van der Waals surface area contributed by atoms with Crippen LogP contribution < -0.4 is 15.5 Å². The summed E-state index contributed by atoms with van der Waals surface area (Å²) in [6.45, 7) is 10.2. The Morgan fingerprint density at radius 2 is 2.00 bits per heavy atom. The van der Waals surface area contributed by atoms with Gasteiger partial charge in [0.15, 0.2) is 5.96 Å². The number of guanidine groups is 1. The molecule has 140 valence electrons. The normalized spacial score (nSPS) is 16.8.